The largest absolute Gasteiger partial charge is 0.310 e. The van der Waals surface area contributed by atoms with Gasteiger partial charge in [-0.05, 0) is 219 Å². The van der Waals surface area contributed by atoms with E-state index < -0.39 is 10.8 Å². The van der Waals surface area contributed by atoms with E-state index in [1.807, 2.05) is 12.2 Å². The van der Waals surface area contributed by atoms with Crippen LogP contribution in [0.15, 0.2) is 286 Å². The lowest BCUT2D eigenvalue weighted by atomic mass is 9.65. The van der Waals surface area contributed by atoms with Crippen molar-refractivity contribution in [2.24, 2.45) is 0 Å². The van der Waals surface area contributed by atoms with Crippen molar-refractivity contribution in [3.63, 3.8) is 0 Å². The molecule has 0 N–H and O–H groups in total. The highest BCUT2D eigenvalue weighted by Crippen LogP contribution is 2.61. The molecule has 2 nitrogen and oxygen atoms in total. The first-order valence-electron chi connectivity index (χ1n) is 30.9. The SMILES string of the molecule is C=CC1=C(/C=C\C)C(c2ccc(C=C)cc2)(c2cc(C)ccc2C)c2cc(N(c3ccccc3)c3ccc4c(c3)C(C)(C)c3cc(N(c5ccccc5)c5ccc6c(c5)C(c5ccc(C=C)cc5)(c5cc(C)ccc5C)c5ccccc5-6)ccc3-4)ccc21. The van der Waals surface area contributed by atoms with Gasteiger partial charge in [-0.3, -0.25) is 0 Å². The lowest BCUT2D eigenvalue weighted by Crippen LogP contribution is -2.31. The highest BCUT2D eigenvalue weighted by Gasteiger charge is 2.49. The molecule has 426 valence electrons. The van der Waals surface area contributed by atoms with E-state index in [0.717, 1.165) is 50.8 Å². The summed E-state index contributed by atoms with van der Waals surface area (Å²) in [5.41, 5.74) is 32.0. The standard InChI is InChI=1S/C86H72N2/c1-11-23-76-70(14-4)72-46-42-68(54-82(72)85(76,62-38-34-60(12-2)35-39-62)78-50-56(5)30-32-58(78)7)87(64-24-17-15-18-25-64)66-43-47-73-74-48-44-67(53-81(74)84(9,10)80(73)52-66)88(65-26-19-16-20-27-65)69-45-49-75-71-28-21-22-29-77(71)86(83(75)55-69,63-40-36-61(13-3)37-41-63)79-51-57(6)31-33-59(79)8/h11-55H,2-4H2,1,5-10H3/b23-11-. The van der Waals surface area contributed by atoms with Gasteiger partial charge < -0.3 is 9.80 Å². The topological polar surface area (TPSA) is 6.48 Å². The van der Waals surface area contributed by atoms with Crippen molar-refractivity contribution < 1.29 is 0 Å². The number of allylic oxidation sites excluding steroid dienone is 5. The summed E-state index contributed by atoms with van der Waals surface area (Å²) < 4.78 is 0. The molecule has 0 spiro atoms. The number of hydrogen-bond donors (Lipinski definition) is 0. The molecule has 0 saturated carbocycles. The summed E-state index contributed by atoms with van der Waals surface area (Å²) >= 11 is 0. The molecule has 0 aliphatic heterocycles. The number of hydrogen-bond acceptors (Lipinski definition) is 2. The first kappa shape index (κ1) is 55.6. The fourth-order valence-corrected chi connectivity index (χ4v) is 15.3. The third kappa shape index (κ3) is 8.45. The predicted octanol–water partition coefficient (Wildman–Crippen LogP) is 22.7. The lowest BCUT2D eigenvalue weighted by molar-refractivity contribution is 0.660. The first-order chi connectivity index (χ1) is 42.8. The summed E-state index contributed by atoms with van der Waals surface area (Å²) in [5.74, 6) is 0. The van der Waals surface area contributed by atoms with Gasteiger partial charge in [0.05, 0.1) is 10.8 Å². The van der Waals surface area contributed by atoms with Crippen molar-refractivity contribution in [2.45, 2.75) is 64.7 Å². The van der Waals surface area contributed by atoms with Crippen molar-refractivity contribution >= 4 is 51.8 Å². The Morgan fingerprint density at radius 3 is 1.19 bits per heavy atom. The maximum Gasteiger partial charge on any atom is 0.0716 e. The van der Waals surface area contributed by atoms with Gasteiger partial charge in [0, 0.05) is 39.5 Å². The maximum absolute atomic E-state index is 4.49. The van der Waals surface area contributed by atoms with Crippen LogP contribution >= 0.6 is 0 Å². The molecule has 3 aliphatic carbocycles. The molecule has 2 heteroatoms. The molecule has 0 bridgehead atoms. The average Bonchev–Trinajstić information content (AvgIpc) is 1.54. The summed E-state index contributed by atoms with van der Waals surface area (Å²) in [6.07, 6.45) is 10.4. The Bertz CT molecular complexity index is 4690. The molecular formula is C86H72N2. The molecule has 0 saturated heterocycles. The molecule has 3 aliphatic rings. The van der Waals surface area contributed by atoms with Crippen LogP contribution in [0, 0.1) is 27.7 Å². The number of para-hydroxylation sites is 2. The Hall–Kier alpha value is -10.3. The number of rotatable bonds is 14. The Balaban J connectivity index is 0.915. The van der Waals surface area contributed by atoms with E-state index in [1.54, 1.807) is 0 Å². The predicted molar refractivity (Wildman–Crippen MR) is 375 cm³/mol. The van der Waals surface area contributed by atoms with Crippen molar-refractivity contribution in [3.05, 3.63) is 375 Å². The minimum atomic E-state index is -0.655. The highest BCUT2D eigenvalue weighted by atomic mass is 15.1. The van der Waals surface area contributed by atoms with Crippen molar-refractivity contribution in [1.82, 2.24) is 0 Å². The second-order valence-electron chi connectivity index (χ2n) is 24.8. The molecule has 0 heterocycles. The first-order valence-corrected chi connectivity index (χ1v) is 30.9. The van der Waals surface area contributed by atoms with Gasteiger partial charge in [-0.25, -0.2) is 0 Å². The van der Waals surface area contributed by atoms with E-state index in [2.05, 4.69) is 339 Å². The zero-order valence-electron chi connectivity index (χ0n) is 51.5. The van der Waals surface area contributed by atoms with Gasteiger partial charge in [0.25, 0.3) is 0 Å². The third-order valence-electron chi connectivity index (χ3n) is 19.4. The molecular weight excluding hydrogens is 1060 g/mol. The number of anilines is 6. The van der Waals surface area contributed by atoms with Crippen LogP contribution in [0.4, 0.5) is 34.1 Å². The van der Waals surface area contributed by atoms with E-state index >= 15 is 0 Å². The van der Waals surface area contributed by atoms with E-state index in [4.69, 9.17) is 0 Å². The van der Waals surface area contributed by atoms with E-state index in [0.29, 0.717) is 0 Å². The average molecular weight is 1130 g/mol. The van der Waals surface area contributed by atoms with E-state index in [1.165, 1.54) is 106 Å². The molecule has 14 rings (SSSR count). The Labute approximate surface area is 520 Å². The van der Waals surface area contributed by atoms with Crippen LogP contribution in [0.5, 0.6) is 0 Å². The van der Waals surface area contributed by atoms with Crippen molar-refractivity contribution in [2.75, 3.05) is 9.80 Å². The molecule has 0 aromatic heterocycles. The summed E-state index contributed by atoms with van der Waals surface area (Å²) in [6.45, 7) is 28.6. The monoisotopic (exact) mass is 1130 g/mol. The number of benzene rings is 11. The minimum Gasteiger partial charge on any atom is -0.310 e. The minimum absolute atomic E-state index is 0.367. The summed E-state index contributed by atoms with van der Waals surface area (Å²) in [7, 11) is 0. The number of aryl methyl sites for hydroxylation is 4. The molecule has 2 atom stereocenters. The fraction of sp³-hybridized carbons (Fsp3) is 0.116. The van der Waals surface area contributed by atoms with Crippen LogP contribution in [0.3, 0.4) is 0 Å². The molecule has 0 radical (unpaired) electrons. The second-order valence-corrected chi connectivity index (χ2v) is 24.8. The van der Waals surface area contributed by atoms with E-state index in [9.17, 15) is 0 Å². The van der Waals surface area contributed by atoms with Crippen LogP contribution in [0.1, 0.15) is 110 Å². The van der Waals surface area contributed by atoms with Crippen LogP contribution in [-0.2, 0) is 16.2 Å². The molecule has 11 aromatic carbocycles. The maximum atomic E-state index is 4.49. The Morgan fingerprint density at radius 2 is 0.727 bits per heavy atom. The Morgan fingerprint density at radius 1 is 0.330 bits per heavy atom. The zero-order chi connectivity index (χ0) is 60.6. The summed E-state index contributed by atoms with van der Waals surface area (Å²) in [5, 5.41) is 0. The number of nitrogens with zero attached hydrogens (tertiary/aromatic N) is 2. The third-order valence-corrected chi connectivity index (χ3v) is 19.4. The van der Waals surface area contributed by atoms with Gasteiger partial charge >= 0.3 is 0 Å². The highest BCUT2D eigenvalue weighted by molar-refractivity contribution is 5.96. The second kappa shape index (κ2) is 21.6. The van der Waals surface area contributed by atoms with Gasteiger partial charge in [-0.1, -0.05) is 245 Å². The van der Waals surface area contributed by atoms with Crippen molar-refractivity contribution in [3.8, 4) is 22.3 Å². The van der Waals surface area contributed by atoms with Gasteiger partial charge in [0.15, 0.2) is 0 Å². The van der Waals surface area contributed by atoms with Gasteiger partial charge in [0.1, 0.15) is 0 Å². The molecule has 88 heavy (non-hydrogen) atoms. The van der Waals surface area contributed by atoms with Gasteiger partial charge in [-0.2, -0.15) is 0 Å². The molecule has 11 aromatic rings. The van der Waals surface area contributed by atoms with Gasteiger partial charge in [-0.15, -0.1) is 0 Å². The molecule has 0 fully saturated rings. The lowest BCUT2D eigenvalue weighted by Gasteiger charge is -2.37. The van der Waals surface area contributed by atoms with Crippen LogP contribution in [0.25, 0.3) is 40.0 Å². The van der Waals surface area contributed by atoms with Crippen molar-refractivity contribution in [1.29, 1.82) is 0 Å². The Kier molecular flexibility index (Phi) is 13.6. The molecule has 2 unspecified atom stereocenters. The fourth-order valence-electron chi connectivity index (χ4n) is 15.3. The summed E-state index contributed by atoms with van der Waals surface area (Å²) in [4.78, 5) is 4.92. The molecule has 0 amide bonds. The van der Waals surface area contributed by atoms with Crippen LogP contribution in [0.2, 0.25) is 0 Å². The smallest absolute Gasteiger partial charge is 0.0716 e. The normalized spacial score (nSPS) is 16.6. The quantitative estimate of drug-likeness (QED) is 0.107. The van der Waals surface area contributed by atoms with Crippen LogP contribution < -0.4 is 9.80 Å². The van der Waals surface area contributed by atoms with Gasteiger partial charge in [0.2, 0.25) is 0 Å². The summed E-state index contributed by atoms with van der Waals surface area (Å²) in [6, 6.07) is 91.4. The van der Waals surface area contributed by atoms with Crippen LogP contribution in [-0.4, -0.2) is 0 Å². The van der Waals surface area contributed by atoms with E-state index in [-0.39, 0.29) is 5.41 Å². The zero-order valence-corrected chi connectivity index (χ0v) is 51.5. The number of fused-ring (bicyclic) bond motifs is 7.